The van der Waals surface area contributed by atoms with Gasteiger partial charge in [0.15, 0.2) is 0 Å². The number of aliphatic hydroxyl groups is 1. The Morgan fingerprint density at radius 2 is 1.72 bits per heavy atom. The lowest BCUT2D eigenvalue weighted by atomic mass is 10.0. The Kier molecular flexibility index (Phi) is 6.08. The first-order chi connectivity index (χ1) is 12.1. The molecule has 1 heterocycles. The van der Waals surface area contributed by atoms with Gasteiger partial charge in [-0.2, -0.15) is 0 Å². The van der Waals surface area contributed by atoms with Crippen LogP contribution in [0.15, 0.2) is 48.5 Å². The van der Waals surface area contributed by atoms with Gasteiger partial charge in [0.2, 0.25) is 0 Å². The van der Waals surface area contributed by atoms with Crippen molar-refractivity contribution in [2.75, 3.05) is 32.8 Å². The van der Waals surface area contributed by atoms with E-state index in [1.807, 2.05) is 44.2 Å². The maximum atomic E-state index is 10.5. The van der Waals surface area contributed by atoms with Gasteiger partial charge in [0, 0.05) is 25.2 Å². The Morgan fingerprint density at radius 1 is 1.04 bits per heavy atom. The van der Waals surface area contributed by atoms with Crippen molar-refractivity contribution in [1.29, 1.82) is 0 Å². The van der Waals surface area contributed by atoms with Gasteiger partial charge < -0.3 is 14.6 Å². The molecule has 1 aliphatic heterocycles. The van der Waals surface area contributed by atoms with Gasteiger partial charge in [0.05, 0.1) is 25.4 Å². The minimum atomic E-state index is -0.477. The normalized spacial score (nSPS) is 16.8. The van der Waals surface area contributed by atoms with Gasteiger partial charge in [-0.3, -0.25) is 4.90 Å². The SMILES string of the molecule is CC(C)Oc1ccccc1-c1ccc(C(O)CN2CCOCC2)cc1. The van der Waals surface area contributed by atoms with Crippen molar-refractivity contribution in [2.24, 2.45) is 0 Å². The van der Waals surface area contributed by atoms with E-state index in [1.165, 1.54) is 0 Å². The predicted molar refractivity (Wildman–Crippen MR) is 99.9 cm³/mol. The molecule has 134 valence electrons. The molecule has 0 radical (unpaired) electrons. The molecule has 4 nitrogen and oxygen atoms in total. The van der Waals surface area contributed by atoms with Gasteiger partial charge in [-0.05, 0) is 31.0 Å². The summed E-state index contributed by atoms with van der Waals surface area (Å²) >= 11 is 0. The summed E-state index contributed by atoms with van der Waals surface area (Å²) in [7, 11) is 0. The highest BCUT2D eigenvalue weighted by Gasteiger charge is 2.16. The Hall–Kier alpha value is -1.88. The maximum Gasteiger partial charge on any atom is 0.127 e. The zero-order chi connectivity index (χ0) is 17.6. The summed E-state index contributed by atoms with van der Waals surface area (Å²) in [6.07, 6.45) is -0.343. The predicted octanol–water partition coefficient (Wildman–Crippen LogP) is 3.51. The van der Waals surface area contributed by atoms with E-state index < -0.39 is 6.10 Å². The molecule has 4 heteroatoms. The van der Waals surface area contributed by atoms with Crippen LogP contribution in [0, 0.1) is 0 Å². The van der Waals surface area contributed by atoms with Crippen molar-refractivity contribution in [3.63, 3.8) is 0 Å². The highest BCUT2D eigenvalue weighted by Crippen LogP contribution is 2.31. The number of para-hydroxylation sites is 1. The molecule has 1 unspecified atom stereocenters. The van der Waals surface area contributed by atoms with Crippen LogP contribution in [-0.2, 0) is 4.74 Å². The lowest BCUT2D eigenvalue weighted by Gasteiger charge is -2.28. The summed E-state index contributed by atoms with van der Waals surface area (Å²) in [6.45, 7) is 7.97. The molecule has 25 heavy (non-hydrogen) atoms. The number of hydrogen-bond acceptors (Lipinski definition) is 4. The average molecular weight is 341 g/mol. The third-order valence-corrected chi connectivity index (χ3v) is 4.39. The molecule has 0 aromatic heterocycles. The highest BCUT2D eigenvalue weighted by molar-refractivity contribution is 5.70. The molecule has 3 rings (SSSR count). The van der Waals surface area contributed by atoms with Gasteiger partial charge in [0.1, 0.15) is 5.75 Å². The van der Waals surface area contributed by atoms with Crippen LogP contribution in [0.25, 0.3) is 11.1 Å². The third-order valence-electron chi connectivity index (χ3n) is 4.39. The lowest BCUT2D eigenvalue weighted by Crippen LogP contribution is -2.38. The van der Waals surface area contributed by atoms with Crippen molar-refractivity contribution in [2.45, 2.75) is 26.1 Å². The molecule has 0 spiro atoms. The molecular formula is C21H27NO3. The lowest BCUT2D eigenvalue weighted by molar-refractivity contribution is 0.0143. The fraction of sp³-hybridized carbons (Fsp3) is 0.429. The molecule has 1 saturated heterocycles. The second kappa shape index (κ2) is 8.48. The number of nitrogens with zero attached hydrogens (tertiary/aromatic N) is 1. The molecule has 2 aromatic rings. The number of rotatable bonds is 6. The molecular weight excluding hydrogens is 314 g/mol. The second-order valence-electron chi connectivity index (χ2n) is 6.71. The van der Waals surface area contributed by atoms with Crippen LogP contribution < -0.4 is 4.74 Å². The van der Waals surface area contributed by atoms with E-state index >= 15 is 0 Å². The smallest absolute Gasteiger partial charge is 0.127 e. The molecule has 0 saturated carbocycles. The number of β-amino-alcohol motifs (C(OH)–C–C–N with tert-alkyl or cyclic N) is 1. The Labute approximate surface area is 150 Å². The molecule has 0 aliphatic carbocycles. The minimum Gasteiger partial charge on any atom is -0.490 e. The van der Waals surface area contributed by atoms with E-state index in [0.29, 0.717) is 6.54 Å². The van der Waals surface area contributed by atoms with E-state index in [4.69, 9.17) is 9.47 Å². The van der Waals surface area contributed by atoms with E-state index in [2.05, 4.69) is 23.1 Å². The molecule has 0 amide bonds. The fourth-order valence-electron chi connectivity index (χ4n) is 3.08. The number of hydrogen-bond donors (Lipinski definition) is 1. The maximum absolute atomic E-state index is 10.5. The number of aliphatic hydroxyl groups excluding tert-OH is 1. The second-order valence-corrected chi connectivity index (χ2v) is 6.71. The van der Waals surface area contributed by atoms with E-state index in [9.17, 15) is 5.11 Å². The van der Waals surface area contributed by atoms with E-state index in [-0.39, 0.29) is 6.10 Å². The summed E-state index contributed by atoms with van der Waals surface area (Å²) in [5, 5.41) is 10.5. The van der Waals surface area contributed by atoms with Crippen molar-refractivity contribution >= 4 is 0 Å². The summed E-state index contributed by atoms with van der Waals surface area (Å²) in [5.74, 6) is 0.888. The van der Waals surface area contributed by atoms with Gasteiger partial charge in [0.25, 0.3) is 0 Å². The van der Waals surface area contributed by atoms with Crippen molar-refractivity contribution in [1.82, 2.24) is 4.90 Å². The van der Waals surface area contributed by atoms with Crippen molar-refractivity contribution < 1.29 is 14.6 Å². The van der Waals surface area contributed by atoms with Crippen LogP contribution in [-0.4, -0.2) is 49.0 Å². The van der Waals surface area contributed by atoms with Gasteiger partial charge in [-0.15, -0.1) is 0 Å². The van der Waals surface area contributed by atoms with Crippen LogP contribution in [0.1, 0.15) is 25.5 Å². The molecule has 2 aromatic carbocycles. The molecule has 1 fully saturated rings. The number of ether oxygens (including phenoxy) is 2. The average Bonchev–Trinajstić information content (AvgIpc) is 2.63. The van der Waals surface area contributed by atoms with E-state index in [1.54, 1.807) is 0 Å². The van der Waals surface area contributed by atoms with Crippen LogP contribution in [0.4, 0.5) is 0 Å². The van der Waals surface area contributed by atoms with Crippen LogP contribution in [0.3, 0.4) is 0 Å². The van der Waals surface area contributed by atoms with E-state index in [0.717, 1.165) is 48.7 Å². The van der Waals surface area contributed by atoms with Crippen molar-refractivity contribution in [3.05, 3.63) is 54.1 Å². The Bertz CT molecular complexity index is 663. The summed E-state index contributed by atoms with van der Waals surface area (Å²) in [4.78, 5) is 2.24. The fourth-order valence-corrected chi connectivity index (χ4v) is 3.08. The molecule has 1 atom stereocenters. The standard InChI is InChI=1S/C21H27NO3/c1-16(2)25-21-6-4-3-5-19(21)17-7-9-18(10-8-17)20(23)15-22-11-13-24-14-12-22/h3-10,16,20,23H,11-15H2,1-2H3. The van der Waals surface area contributed by atoms with Gasteiger partial charge in [-0.25, -0.2) is 0 Å². The largest absolute Gasteiger partial charge is 0.490 e. The van der Waals surface area contributed by atoms with Gasteiger partial charge in [-0.1, -0.05) is 42.5 Å². The Balaban J connectivity index is 1.71. The van der Waals surface area contributed by atoms with Gasteiger partial charge >= 0.3 is 0 Å². The zero-order valence-electron chi connectivity index (χ0n) is 15.0. The van der Waals surface area contributed by atoms with Crippen LogP contribution in [0.5, 0.6) is 5.75 Å². The molecule has 1 aliphatic rings. The highest BCUT2D eigenvalue weighted by atomic mass is 16.5. The molecule has 1 N–H and O–H groups in total. The number of benzene rings is 2. The quantitative estimate of drug-likeness (QED) is 0.873. The molecule has 0 bridgehead atoms. The summed E-state index contributed by atoms with van der Waals surface area (Å²) < 4.78 is 11.3. The summed E-state index contributed by atoms with van der Waals surface area (Å²) in [5.41, 5.74) is 3.11. The van der Waals surface area contributed by atoms with Crippen LogP contribution in [0.2, 0.25) is 0 Å². The topological polar surface area (TPSA) is 41.9 Å². The number of morpholine rings is 1. The third kappa shape index (κ3) is 4.82. The monoisotopic (exact) mass is 341 g/mol. The first-order valence-electron chi connectivity index (χ1n) is 8.97. The Morgan fingerprint density at radius 3 is 2.40 bits per heavy atom. The first kappa shape index (κ1) is 17.9. The summed E-state index contributed by atoms with van der Waals surface area (Å²) in [6, 6.07) is 16.2. The van der Waals surface area contributed by atoms with Crippen LogP contribution >= 0.6 is 0 Å². The minimum absolute atomic E-state index is 0.135. The first-order valence-corrected chi connectivity index (χ1v) is 8.97. The van der Waals surface area contributed by atoms with Crippen molar-refractivity contribution in [3.8, 4) is 16.9 Å². The zero-order valence-corrected chi connectivity index (χ0v) is 15.0.